The number of amidine groups is 1. The van der Waals surface area contributed by atoms with Crippen LogP contribution >= 0.6 is 24.8 Å². The molecule has 4 rings (SSSR count). The topological polar surface area (TPSA) is 138 Å². The first-order valence-corrected chi connectivity index (χ1v) is 11.7. The molecule has 12 heteroatoms. The molecule has 4 N–H and O–H groups in total. The van der Waals surface area contributed by atoms with Crippen LogP contribution in [-0.4, -0.2) is 64.9 Å². The Morgan fingerprint density at radius 3 is 2.33 bits per heavy atom. The molecule has 0 spiro atoms. The lowest BCUT2D eigenvalue weighted by Gasteiger charge is -2.37. The normalized spacial score (nSPS) is 19.3. The Hall–Kier alpha value is -3.11. The van der Waals surface area contributed by atoms with E-state index in [9.17, 15) is 9.59 Å². The van der Waals surface area contributed by atoms with Gasteiger partial charge in [-0.25, -0.2) is 9.78 Å². The van der Waals surface area contributed by atoms with Crippen LogP contribution in [-0.2, 0) is 16.1 Å². The Balaban J connectivity index is 0.00000228. The number of pyridine rings is 2. The third kappa shape index (κ3) is 7.69. The fourth-order valence-electron chi connectivity index (χ4n) is 4.36. The van der Waals surface area contributed by atoms with Crippen molar-refractivity contribution in [1.29, 1.82) is 5.41 Å². The summed E-state index contributed by atoms with van der Waals surface area (Å²) in [4.78, 5) is 37.6. The summed E-state index contributed by atoms with van der Waals surface area (Å²) >= 11 is 0. The molecule has 2 aliphatic rings. The van der Waals surface area contributed by atoms with Gasteiger partial charge in [0.05, 0.1) is 11.6 Å². The number of hydrogen-bond acceptors (Lipinski definition) is 7. The minimum Gasteiger partial charge on any atom is -0.459 e. The average Bonchev–Trinajstić information content (AvgIpc) is 2.88. The van der Waals surface area contributed by atoms with Crippen molar-refractivity contribution in [1.82, 2.24) is 20.2 Å². The smallest absolute Gasteiger partial charge is 0.317 e. The van der Waals surface area contributed by atoms with Gasteiger partial charge in [-0.3, -0.25) is 15.2 Å². The average molecular weight is 538 g/mol. The van der Waals surface area contributed by atoms with Crippen molar-refractivity contribution < 1.29 is 14.3 Å². The molecule has 1 aliphatic heterocycles. The van der Waals surface area contributed by atoms with Crippen LogP contribution in [0.2, 0.25) is 0 Å². The second-order valence-electron chi connectivity index (χ2n) is 8.72. The molecule has 1 aliphatic carbocycles. The van der Waals surface area contributed by atoms with Gasteiger partial charge >= 0.3 is 12.0 Å². The van der Waals surface area contributed by atoms with E-state index in [1.165, 1.54) is 0 Å². The fraction of sp³-hybridized carbons (Fsp3) is 0.458. The molecule has 10 nitrogen and oxygen atoms in total. The minimum atomic E-state index is -0.184. The molecule has 0 aromatic carbocycles. The van der Waals surface area contributed by atoms with E-state index in [4.69, 9.17) is 15.9 Å². The minimum absolute atomic E-state index is 0. The standard InChI is InChI=1S/C24H31N7O3.2ClH/c25-22(26)18-6-9-21(28-15-18)30-11-13-31(14-12-30)24(33)29-19-7-4-17(5-8-19)23(32)34-16-20-3-1-2-10-27-20;;/h1-3,6,9-10,15,17,19H,4-5,7-8,11-14,16H2,(H3,25,26)(H,29,33);2*1H/t17-,19-;;. The van der Waals surface area contributed by atoms with Crippen molar-refractivity contribution in [2.45, 2.75) is 38.3 Å². The van der Waals surface area contributed by atoms with E-state index < -0.39 is 0 Å². The number of nitrogen functional groups attached to an aromatic ring is 1. The highest BCUT2D eigenvalue weighted by molar-refractivity contribution is 5.94. The van der Waals surface area contributed by atoms with Gasteiger partial charge in [-0.1, -0.05) is 6.07 Å². The molecule has 2 amide bonds. The van der Waals surface area contributed by atoms with E-state index in [0.717, 1.165) is 24.4 Å². The summed E-state index contributed by atoms with van der Waals surface area (Å²) in [6, 6.07) is 9.19. The first kappa shape index (κ1) is 29.1. The first-order chi connectivity index (χ1) is 16.5. The SMILES string of the molecule is Cl.Cl.N=C(N)c1ccc(N2CCN(C(=O)N[C@H]3CC[C@H](C(=O)OCc4ccccn4)CC3)CC2)nc1. The fourth-order valence-corrected chi connectivity index (χ4v) is 4.36. The molecule has 0 bridgehead atoms. The zero-order chi connectivity index (χ0) is 23.9. The molecule has 1 saturated heterocycles. The van der Waals surface area contributed by atoms with Gasteiger partial charge in [-0.2, -0.15) is 0 Å². The molecule has 0 radical (unpaired) electrons. The maximum absolute atomic E-state index is 12.7. The number of halogens is 2. The van der Waals surface area contributed by atoms with Crippen molar-refractivity contribution in [3.8, 4) is 0 Å². The number of rotatable bonds is 6. The van der Waals surface area contributed by atoms with Crippen molar-refractivity contribution in [3.63, 3.8) is 0 Å². The summed E-state index contributed by atoms with van der Waals surface area (Å²) in [5, 5.41) is 10.6. The van der Waals surface area contributed by atoms with Crippen LogP contribution in [0.25, 0.3) is 0 Å². The number of hydrogen-bond donors (Lipinski definition) is 3. The third-order valence-electron chi connectivity index (χ3n) is 6.43. The number of piperazine rings is 1. The van der Waals surface area contributed by atoms with Gasteiger partial charge in [0.25, 0.3) is 0 Å². The Bertz CT molecular complexity index is 995. The Morgan fingerprint density at radius 2 is 1.75 bits per heavy atom. The summed E-state index contributed by atoms with van der Waals surface area (Å²) in [7, 11) is 0. The molecular formula is C24H33Cl2N7O3. The van der Waals surface area contributed by atoms with Crippen molar-refractivity contribution in [2.24, 2.45) is 11.7 Å². The highest BCUT2D eigenvalue weighted by atomic mass is 35.5. The first-order valence-electron chi connectivity index (χ1n) is 11.7. The quantitative estimate of drug-likeness (QED) is 0.292. The van der Waals surface area contributed by atoms with Gasteiger partial charge < -0.3 is 25.6 Å². The summed E-state index contributed by atoms with van der Waals surface area (Å²) in [6.07, 6.45) is 6.23. The molecule has 0 atom stereocenters. The maximum Gasteiger partial charge on any atom is 0.317 e. The second kappa shape index (κ2) is 13.8. The maximum atomic E-state index is 12.7. The molecule has 2 fully saturated rings. The monoisotopic (exact) mass is 537 g/mol. The van der Waals surface area contributed by atoms with Gasteiger partial charge in [-0.05, 0) is 49.9 Å². The van der Waals surface area contributed by atoms with Crippen molar-refractivity contribution in [3.05, 3.63) is 54.0 Å². The second-order valence-corrected chi connectivity index (χ2v) is 8.72. The summed E-state index contributed by atoms with van der Waals surface area (Å²) in [6.45, 7) is 2.79. The van der Waals surface area contributed by atoms with Gasteiger partial charge in [0, 0.05) is 50.2 Å². The molecular weight excluding hydrogens is 505 g/mol. The molecule has 196 valence electrons. The zero-order valence-electron chi connectivity index (χ0n) is 20.0. The summed E-state index contributed by atoms with van der Waals surface area (Å²) < 4.78 is 5.42. The van der Waals surface area contributed by atoms with Crippen LogP contribution in [0.3, 0.4) is 0 Å². The molecule has 2 aromatic rings. The zero-order valence-corrected chi connectivity index (χ0v) is 21.6. The predicted octanol–water partition coefficient (Wildman–Crippen LogP) is 2.74. The summed E-state index contributed by atoms with van der Waals surface area (Å²) in [5.74, 6) is 0.507. The van der Waals surface area contributed by atoms with Crippen molar-refractivity contribution >= 4 is 48.5 Å². The summed E-state index contributed by atoms with van der Waals surface area (Å²) in [5.41, 5.74) is 6.81. The van der Waals surface area contributed by atoms with E-state index >= 15 is 0 Å². The number of anilines is 1. The Labute approximate surface area is 223 Å². The van der Waals surface area contributed by atoms with Crippen LogP contribution in [0.4, 0.5) is 10.6 Å². The molecule has 2 aromatic heterocycles. The van der Waals surface area contributed by atoms with Crippen molar-refractivity contribution in [2.75, 3.05) is 31.1 Å². The highest BCUT2D eigenvalue weighted by Gasteiger charge is 2.30. The van der Waals surface area contributed by atoms with Crippen LogP contribution in [0.5, 0.6) is 0 Å². The number of nitrogens with zero attached hydrogens (tertiary/aromatic N) is 4. The lowest BCUT2D eigenvalue weighted by Crippen LogP contribution is -2.54. The van der Waals surface area contributed by atoms with Gasteiger partial charge in [-0.15, -0.1) is 24.8 Å². The number of carbonyl (C=O) groups is 2. The molecule has 0 unspecified atom stereocenters. The van der Waals surface area contributed by atoms with Crippen LogP contribution in [0.15, 0.2) is 42.7 Å². The van der Waals surface area contributed by atoms with E-state index in [1.807, 2.05) is 29.2 Å². The lowest BCUT2D eigenvalue weighted by atomic mass is 9.86. The van der Waals surface area contributed by atoms with Gasteiger partial charge in [0.15, 0.2) is 0 Å². The number of nitrogens with two attached hydrogens (primary N) is 1. The Kier molecular flexibility index (Phi) is 11.2. The molecule has 1 saturated carbocycles. The van der Waals surface area contributed by atoms with E-state index in [2.05, 4.69) is 20.2 Å². The van der Waals surface area contributed by atoms with E-state index in [0.29, 0.717) is 44.6 Å². The van der Waals surface area contributed by atoms with E-state index in [1.54, 1.807) is 18.5 Å². The van der Waals surface area contributed by atoms with Crippen LogP contribution < -0.4 is 16.0 Å². The van der Waals surface area contributed by atoms with Gasteiger partial charge in [0.2, 0.25) is 0 Å². The highest BCUT2D eigenvalue weighted by Crippen LogP contribution is 2.26. The lowest BCUT2D eigenvalue weighted by molar-refractivity contribution is -0.151. The molecule has 36 heavy (non-hydrogen) atoms. The number of ether oxygens (including phenoxy) is 1. The van der Waals surface area contributed by atoms with Gasteiger partial charge in [0.1, 0.15) is 18.3 Å². The number of aromatic nitrogens is 2. The third-order valence-corrected chi connectivity index (χ3v) is 6.43. The van der Waals surface area contributed by atoms with Crippen LogP contribution in [0, 0.1) is 11.3 Å². The predicted molar refractivity (Wildman–Crippen MR) is 142 cm³/mol. The largest absolute Gasteiger partial charge is 0.459 e. The number of urea groups is 1. The number of esters is 1. The number of carbonyl (C=O) groups excluding carboxylic acids is 2. The van der Waals surface area contributed by atoms with Crippen LogP contribution in [0.1, 0.15) is 36.9 Å². The number of nitrogens with one attached hydrogen (secondary N) is 2. The molecule has 3 heterocycles. The number of amides is 2. The van der Waals surface area contributed by atoms with E-state index in [-0.39, 0.29) is 61.2 Å². The Morgan fingerprint density at radius 1 is 1.03 bits per heavy atom.